The molecule has 0 spiro atoms. The van der Waals surface area contributed by atoms with Gasteiger partial charge in [0.05, 0.1) is 62.0 Å². The van der Waals surface area contributed by atoms with Crippen LogP contribution in [0.5, 0.6) is 23.0 Å². The van der Waals surface area contributed by atoms with Crippen LogP contribution in [-0.2, 0) is 25.9 Å². The molecule has 4 aromatic carbocycles. The van der Waals surface area contributed by atoms with Crippen LogP contribution in [-0.4, -0.2) is 73.9 Å². The molecule has 0 aliphatic carbocycles. The first-order valence-corrected chi connectivity index (χ1v) is 16.7. The van der Waals surface area contributed by atoms with Crippen molar-refractivity contribution in [2.45, 2.75) is 44.4 Å². The van der Waals surface area contributed by atoms with Crippen LogP contribution in [0, 0.1) is 0 Å². The van der Waals surface area contributed by atoms with E-state index < -0.39 is 0 Å². The normalized spacial score (nSPS) is 18.7. The fraction of sp³-hybridized carbons (Fsp3) is 0.308. The van der Waals surface area contributed by atoms with Crippen molar-refractivity contribution in [2.75, 3.05) is 39.3 Å². The lowest BCUT2D eigenvalue weighted by atomic mass is 9.94. The summed E-state index contributed by atoms with van der Waals surface area (Å²) < 4.78 is 23.6. The number of nitrogens with zero attached hydrogens (tertiary/aromatic N) is 3. The molecule has 2 amide bonds. The summed E-state index contributed by atoms with van der Waals surface area (Å²) in [6.07, 6.45) is 3.98. The fourth-order valence-corrected chi connectivity index (χ4v) is 7.29. The van der Waals surface area contributed by atoms with Crippen LogP contribution in [0.25, 0.3) is 0 Å². The lowest BCUT2D eigenvalue weighted by molar-refractivity contribution is 0.0659. The summed E-state index contributed by atoms with van der Waals surface area (Å²) in [4.78, 5) is 36.0. The molecule has 0 fully saturated rings. The molecule has 10 heteroatoms. The molecule has 0 aromatic heterocycles. The average molecular weight is 659 g/mol. The van der Waals surface area contributed by atoms with Gasteiger partial charge in [0, 0.05) is 44.4 Å². The molecular formula is C39H38N4O6. The van der Waals surface area contributed by atoms with Crippen molar-refractivity contribution in [3.63, 3.8) is 0 Å². The molecule has 49 heavy (non-hydrogen) atoms. The third-order valence-electron chi connectivity index (χ3n) is 9.93. The van der Waals surface area contributed by atoms with Gasteiger partial charge < -0.3 is 34.1 Å². The summed E-state index contributed by atoms with van der Waals surface area (Å²) >= 11 is 0. The smallest absolute Gasteiger partial charge is 0.257 e. The molecule has 10 nitrogen and oxygen atoms in total. The van der Waals surface area contributed by atoms with E-state index in [1.807, 2.05) is 40.3 Å². The third-order valence-corrected chi connectivity index (χ3v) is 9.93. The van der Waals surface area contributed by atoms with Gasteiger partial charge in [-0.1, -0.05) is 48.5 Å². The molecule has 2 atom stereocenters. The molecule has 0 bridgehead atoms. The lowest BCUT2D eigenvalue weighted by Crippen LogP contribution is -2.45. The first-order valence-electron chi connectivity index (χ1n) is 16.7. The number of ether oxygens (including phenoxy) is 4. The number of methoxy groups -OCH3 is 2. The van der Waals surface area contributed by atoms with Crippen molar-refractivity contribution in [3.8, 4) is 23.0 Å². The lowest BCUT2D eigenvalue weighted by Gasteiger charge is -2.35. The van der Waals surface area contributed by atoms with Gasteiger partial charge >= 0.3 is 0 Å². The predicted molar refractivity (Wildman–Crippen MR) is 186 cm³/mol. The number of carbonyl (C=O) groups is 2. The Balaban J connectivity index is 0.924. The van der Waals surface area contributed by atoms with E-state index >= 15 is 0 Å². The van der Waals surface area contributed by atoms with Crippen LogP contribution in [0.4, 0.5) is 11.4 Å². The maximum absolute atomic E-state index is 13.7. The SMILES string of the molecule is COc1cc2c(cc1OCCCOc1cc3c(cc1OC)C(=O)N1Cc4ccccc4C[C@H]1CN3)N=C[C@@H]1Cc3ccccc3CN1C2=O. The minimum absolute atomic E-state index is 0.0143. The van der Waals surface area contributed by atoms with E-state index in [-0.39, 0.29) is 23.9 Å². The second-order valence-corrected chi connectivity index (χ2v) is 12.8. The molecule has 0 saturated carbocycles. The first-order chi connectivity index (χ1) is 24.0. The standard InChI is InChI=1S/C39H38N4O6/c1-46-34-16-30-32(40-20-28-14-24-8-3-5-10-26(24)22-42(28)38(30)44)18-36(34)48-12-7-13-49-37-19-33-31(17-35(37)47-2)39(45)43-23-27-11-6-4-9-25(27)15-29(43)21-41-33/h3-6,8-11,16-20,28-29,41H,7,12-15,21-23H2,1-2H3/t28-,29-/m0/s1. The Hall–Kier alpha value is -5.51. The highest BCUT2D eigenvalue weighted by Crippen LogP contribution is 2.40. The number of benzene rings is 4. The molecule has 1 N–H and O–H groups in total. The van der Waals surface area contributed by atoms with Crippen LogP contribution in [0.3, 0.4) is 0 Å². The predicted octanol–water partition coefficient (Wildman–Crippen LogP) is 5.83. The van der Waals surface area contributed by atoms with Crippen LogP contribution in [0.1, 0.15) is 49.4 Å². The van der Waals surface area contributed by atoms with Crippen LogP contribution < -0.4 is 24.3 Å². The van der Waals surface area contributed by atoms with Crippen molar-refractivity contribution in [2.24, 2.45) is 4.99 Å². The summed E-state index contributed by atoms with van der Waals surface area (Å²) in [6.45, 7) is 2.48. The van der Waals surface area contributed by atoms with E-state index in [4.69, 9.17) is 23.9 Å². The zero-order valence-electron chi connectivity index (χ0n) is 27.6. The molecule has 4 heterocycles. The number of nitrogens with one attached hydrogen (secondary N) is 1. The van der Waals surface area contributed by atoms with E-state index in [0.29, 0.717) is 79.1 Å². The number of amides is 2. The second kappa shape index (κ2) is 12.8. The van der Waals surface area contributed by atoms with E-state index in [1.54, 1.807) is 32.4 Å². The molecule has 4 aromatic rings. The summed E-state index contributed by atoms with van der Waals surface area (Å²) in [5.41, 5.74) is 7.26. The third kappa shape index (κ3) is 5.71. The van der Waals surface area contributed by atoms with Gasteiger partial charge in [-0.2, -0.15) is 0 Å². The Labute approximate surface area is 285 Å². The van der Waals surface area contributed by atoms with Gasteiger partial charge in [0.15, 0.2) is 23.0 Å². The fourth-order valence-electron chi connectivity index (χ4n) is 7.29. The molecule has 4 aliphatic heterocycles. The van der Waals surface area contributed by atoms with Crippen LogP contribution >= 0.6 is 0 Å². The second-order valence-electron chi connectivity index (χ2n) is 12.8. The van der Waals surface area contributed by atoms with Crippen molar-refractivity contribution in [1.29, 1.82) is 0 Å². The maximum atomic E-state index is 13.7. The summed E-state index contributed by atoms with van der Waals surface area (Å²) in [5.74, 6) is 1.95. The minimum Gasteiger partial charge on any atom is -0.493 e. The Kier molecular flexibility index (Phi) is 8.07. The topological polar surface area (TPSA) is 102 Å². The highest BCUT2D eigenvalue weighted by Gasteiger charge is 2.35. The van der Waals surface area contributed by atoms with Crippen molar-refractivity contribution in [3.05, 3.63) is 106 Å². The van der Waals surface area contributed by atoms with Crippen LogP contribution in [0.2, 0.25) is 0 Å². The molecular weight excluding hydrogens is 620 g/mol. The van der Waals surface area contributed by atoms with Crippen molar-refractivity contribution >= 4 is 29.4 Å². The number of fused-ring (bicyclic) bond motifs is 6. The van der Waals surface area contributed by atoms with E-state index in [9.17, 15) is 9.59 Å². The number of rotatable bonds is 8. The van der Waals surface area contributed by atoms with Crippen molar-refractivity contribution in [1.82, 2.24) is 9.80 Å². The Bertz CT molecular complexity index is 1980. The van der Waals surface area contributed by atoms with Gasteiger partial charge in [0.2, 0.25) is 0 Å². The first kappa shape index (κ1) is 30.8. The molecule has 0 unspecified atom stereocenters. The van der Waals surface area contributed by atoms with Gasteiger partial charge in [-0.15, -0.1) is 0 Å². The van der Waals surface area contributed by atoms with Crippen molar-refractivity contribution < 1.29 is 28.5 Å². The molecule has 0 radical (unpaired) electrons. The minimum atomic E-state index is -0.112. The Morgan fingerprint density at radius 1 is 0.714 bits per heavy atom. The van der Waals surface area contributed by atoms with Gasteiger partial charge in [0.1, 0.15) is 0 Å². The number of anilines is 1. The van der Waals surface area contributed by atoms with E-state index in [1.165, 1.54) is 16.7 Å². The summed E-state index contributed by atoms with van der Waals surface area (Å²) in [7, 11) is 3.14. The zero-order chi connectivity index (χ0) is 33.5. The summed E-state index contributed by atoms with van der Waals surface area (Å²) in [6, 6.07) is 23.6. The van der Waals surface area contributed by atoms with E-state index in [2.05, 4.69) is 35.6 Å². The highest BCUT2D eigenvalue weighted by molar-refractivity contribution is 6.04. The van der Waals surface area contributed by atoms with Gasteiger partial charge in [0.25, 0.3) is 11.8 Å². The number of aliphatic imine (C=N–C) groups is 1. The molecule has 8 rings (SSSR count). The average Bonchev–Trinajstić information content (AvgIpc) is 3.35. The van der Waals surface area contributed by atoms with Gasteiger partial charge in [-0.05, 0) is 47.2 Å². The Morgan fingerprint density at radius 2 is 1.31 bits per heavy atom. The Morgan fingerprint density at radius 3 is 2.00 bits per heavy atom. The highest BCUT2D eigenvalue weighted by atomic mass is 16.5. The quantitative estimate of drug-likeness (QED) is 0.238. The molecule has 250 valence electrons. The van der Waals surface area contributed by atoms with Gasteiger partial charge in [-0.3, -0.25) is 14.6 Å². The summed E-state index contributed by atoms with van der Waals surface area (Å²) in [5, 5.41) is 3.49. The monoisotopic (exact) mass is 658 g/mol. The number of hydrogen-bond acceptors (Lipinski definition) is 8. The molecule has 4 aliphatic rings. The number of carbonyl (C=O) groups excluding carboxylic acids is 2. The van der Waals surface area contributed by atoms with Gasteiger partial charge in [-0.25, -0.2) is 0 Å². The number of hydrogen-bond donors (Lipinski definition) is 1. The largest absolute Gasteiger partial charge is 0.493 e. The van der Waals surface area contributed by atoms with E-state index in [0.717, 1.165) is 24.1 Å². The zero-order valence-corrected chi connectivity index (χ0v) is 27.6. The maximum Gasteiger partial charge on any atom is 0.257 e. The molecule has 0 saturated heterocycles. The van der Waals surface area contributed by atoms with Crippen LogP contribution in [0.15, 0.2) is 77.8 Å².